The SMILES string of the molecule is CCCCCCOC(=O)c1ccc(NC(=O)NC2CCCCC2)cc1. The fraction of sp³-hybridized carbons (Fsp3) is 0.600. The number of benzene rings is 1. The Morgan fingerprint density at radius 3 is 2.44 bits per heavy atom. The molecule has 1 aliphatic rings. The second-order valence-corrected chi connectivity index (χ2v) is 6.71. The number of anilines is 1. The summed E-state index contributed by atoms with van der Waals surface area (Å²) in [6, 6.07) is 6.92. The molecule has 0 spiro atoms. The standard InChI is InChI=1S/C20H30N2O3/c1-2-3-4-8-15-25-19(23)16-11-13-18(14-12-16)22-20(24)21-17-9-6-5-7-10-17/h11-14,17H,2-10,15H2,1H3,(H2,21,22,24). The number of hydrogen-bond donors (Lipinski definition) is 2. The molecule has 0 bridgehead atoms. The monoisotopic (exact) mass is 346 g/mol. The molecule has 2 amide bonds. The zero-order valence-electron chi connectivity index (χ0n) is 15.2. The summed E-state index contributed by atoms with van der Waals surface area (Å²) in [5, 5.41) is 5.83. The van der Waals surface area contributed by atoms with Crippen LogP contribution in [0.3, 0.4) is 0 Å². The largest absolute Gasteiger partial charge is 0.462 e. The number of carbonyl (C=O) groups excluding carboxylic acids is 2. The maximum Gasteiger partial charge on any atom is 0.338 e. The normalized spacial score (nSPS) is 14.8. The third-order valence-electron chi connectivity index (χ3n) is 4.55. The predicted molar refractivity (Wildman–Crippen MR) is 99.9 cm³/mol. The molecule has 0 aliphatic heterocycles. The Hall–Kier alpha value is -2.04. The molecule has 1 saturated carbocycles. The van der Waals surface area contributed by atoms with E-state index in [1.54, 1.807) is 24.3 Å². The van der Waals surface area contributed by atoms with Crippen molar-refractivity contribution in [2.75, 3.05) is 11.9 Å². The van der Waals surface area contributed by atoms with Crippen molar-refractivity contribution in [1.82, 2.24) is 5.32 Å². The summed E-state index contributed by atoms with van der Waals surface area (Å²) in [7, 11) is 0. The highest BCUT2D eigenvalue weighted by molar-refractivity contribution is 5.92. The van der Waals surface area contributed by atoms with Crippen LogP contribution in [0.2, 0.25) is 0 Å². The first-order valence-electron chi connectivity index (χ1n) is 9.53. The molecule has 25 heavy (non-hydrogen) atoms. The van der Waals surface area contributed by atoms with E-state index in [1.807, 2.05) is 0 Å². The van der Waals surface area contributed by atoms with Crippen molar-refractivity contribution in [3.8, 4) is 0 Å². The summed E-state index contributed by atoms with van der Waals surface area (Å²) in [6.07, 6.45) is 10.0. The molecule has 0 saturated heterocycles. The van der Waals surface area contributed by atoms with Gasteiger partial charge in [-0.15, -0.1) is 0 Å². The number of hydrogen-bond acceptors (Lipinski definition) is 3. The Balaban J connectivity index is 1.72. The molecule has 2 rings (SSSR count). The summed E-state index contributed by atoms with van der Waals surface area (Å²) in [5.74, 6) is -0.310. The summed E-state index contributed by atoms with van der Waals surface area (Å²) in [5.41, 5.74) is 1.18. The minimum Gasteiger partial charge on any atom is -0.462 e. The van der Waals surface area contributed by atoms with Gasteiger partial charge >= 0.3 is 12.0 Å². The topological polar surface area (TPSA) is 67.4 Å². The quantitative estimate of drug-likeness (QED) is 0.521. The van der Waals surface area contributed by atoms with Crippen molar-refractivity contribution in [3.63, 3.8) is 0 Å². The van der Waals surface area contributed by atoms with Crippen LogP contribution < -0.4 is 10.6 Å². The summed E-state index contributed by atoms with van der Waals surface area (Å²) in [6.45, 7) is 2.61. The molecule has 138 valence electrons. The Labute approximate surface area is 150 Å². The lowest BCUT2D eigenvalue weighted by Crippen LogP contribution is -2.39. The highest BCUT2D eigenvalue weighted by Crippen LogP contribution is 2.17. The van der Waals surface area contributed by atoms with Crippen LogP contribution in [0, 0.1) is 0 Å². The number of urea groups is 1. The van der Waals surface area contributed by atoms with E-state index in [1.165, 1.54) is 25.7 Å². The van der Waals surface area contributed by atoms with E-state index < -0.39 is 0 Å². The third-order valence-corrected chi connectivity index (χ3v) is 4.55. The van der Waals surface area contributed by atoms with E-state index in [0.717, 1.165) is 32.1 Å². The van der Waals surface area contributed by atoms with E-state index in [9.17, 15) is 9.59 Å². The smallest absolute Gasteiger partial charge is 0.338 e. The molecule has 1 aromatic carbocycles. The molecular weight excluding hydrogens is 316 g/mol. The minimum absolute atomic E-state index is 0.182. The van der Waals surface area contributed by atoms with Crippen molar-refractivity contribution < 1.29 is 14.3 Å². The van der Waals surface area contributed by atoms with Gasteiger partial charge in [0.2, 0.25) is 0 Å². The molecule has 1 aliphatic carbocycles. The highest BCUT2D eigenvalue weighted by Gasteiger charge is 2.15. The molecule has 0 aromatic heterocycles. The summed E-state index contributed by atoms with van der Waals surface area (Å²) in [4.78, 5) is 24.0. The molecule has 0 unspecified atom stereocenters. The van der Waals surface area contributed by atoms with Crippen LogP contribution in [0.4, 0.5) is 10.5 Å². The van der Waals surface area contributed by atoms with Gasteiger partial charge in [0.15, 0.2) is 0 Å². The maximum atomic E-state index is 12.0. The van der Waals surface area contributed by atoms with Crippen LogP contribution in [0.15, 0.2) is 24.3 Å². The Kier molecular flexibility index (Phi) is 8.29. The van der Waals surface area contributed by atoms with Gasteiger partial charge in [0.25, 0.3) is 0 Å². The second-order valence-electron chi connectivity index (χ2n) is 6.71. The van der Waals surface area contributed by atoms with Crippen LogP contribution in [0.25, 0.3) is 0 Å². The van der Waals surface area contributed by atoms with Crippen LogP contribution in [0.1, 0.15) is 75.1 Å². The first-order valence-corrected chi connectivity index (χ1v) is 9.53. The minimum atomic E-state index is -0.310. The van der Waals surface area contributed by atoms with Gasteiger partial charge in [-0.1, -0.05) is 45.4 Å². The van der Waals surface area contributed by atoms with Crippen LogP contribution in [-0.4, -0.2) is 24.6 Å². The second kappa shape index (κ2) is 10.7. The lowest BCUT2D eigenvalue weighted by Gasteiger charge is -2.22. The van der Waals surface area contributed by atoms with E-state index >= 15 is 0 Å². The maximum absolute atomic E-state index is 12.0. The molecule has 1 fully saturated rings. The highest BCUT2D eigenvalue weighted by atomic mass is 16.5. The first kappa shape index (κ1) is 19.3. The number of carbonyl (C=O) groups is 2. The zero-order chi connectivity index (χ0) is 17.9. The van der Waals surface area contributed by atoms with Gasteiger partial charge in [-0.3, -0.25) is 0 Å². The van der Waals surface area contributed by atoms with E-state index in [4.69, 9.17) is 4.74 Å². The summed E-state index contributed by atoms with van der Waals surface area (Å²) < 4.78 is 5.26. The molecule has 0 heterocycles. The van der Waals surface area contributed by atoms with Crippen LogP contribution >= 0.6 is 0 Å². The lowest BCUT2D eigenvalue weighted by atomic mass is 9.96. The van der Waals surface area contributed by atoms with Gasteiger partial charge in [-0.25, -0.2) is 9.59 Å². The fourth-order valence-electron chi connectivity index (χ4n) is 3.07. The number of unbranched alkanes of at least 4 members (excludes halogenated alkanes) is 3. The fourth-order valence-corrected chi connectivity index (χ4v) is 3.07. The number of nitrogens with one attached hydrogen (secondary N) is 2. The van der Waals surface area contributed by atoms with E-state index in [-0.39, 0.29) is 18.0 Å². The molecule has 1 aromatic rings. The van der Waals surface area contributed by atoms with E-state index in [2.05, 4.69) is 17.6 Å². The van der Waals surface area contributed by atoms with Crippen molar-refractivity contribution in [3.05, 3.63) is 29.8 Å². The third kappa shape index (κ3) is 7.16. The molecule has 5 heteroatoms. The average molecular weight is 346 g/mol. The molecule has 0 atom stereocenters. The Bertz CT molecular complexity index is 536. The number of amides is 2. The van der Waals surface area contributed by atoms with Crippen molar-refractivity contribution in [1.29, 1.82) is 0 Å². The van der Waals surface area contributed by atoms with Gasteiger partial charge in [0, 0.05) is 11.7 Å². The Morgan fingerprint density at radius 2 is 1.76 bits per heavy atom. The molecule has 0 radical (unpaired) electrons. The number of ether oxygens (including phenoxy) is 1. The van der Waals surface area contributed by atoms with Crippen LogP contribution in [0.5, 0.6) is 0 Å². The van der Waals surface area contributed by atoms with Gasteiger partial charge in [0.05, 0.1) is 12.2 Å². The van der Waals surface area contributed by atoms with Crippen molar-refractivity contribution in [2.45, 2.75) is 70.8 Å². The first-order chi connectivity index (χ1) is 12.2. The summed E-state index contributed by atoms with van der Waals surface area (Å²) >= 11 is 0. The predicted octanol–water partition coefficient (Wildman–Crippen LogP) is 4.88. The van der Waals surface area contributed by atoms with E-state index in [0.29, 0.717) is 17.9 Å². The van der Waals surface area contributed by atoms with Crippen LogP contribution in [-0.2, 0) is 4.74 Å². The molecule has 5 nitrogen and oxygen atoms in total. The van der Waals surface area contributed by atoms with Crippen molar-refractivity contribution >= 4 is 17.7 Å². The number of esters is 1. The Morgan fingerprint density at radius 1 is 1.04 bits per heavy atom. The lowest BCUT2D eigenvalue weighted by molar-refractivity contribution is 0.0498. The van der Waals surface area contributed by atoms with Gasteiger partial charge in [0.1, 0.15) is 0 Å². The molecular formula is C20H30N2O3. The molecule has 2 N–H and O–H groups in total. The van der Waals surface area contributed by atoms with Gasteiger partial charge in [-0.2, -0.15) is 0 Å². The number of rotatable bonds is 8. The van der Waals surface area contributed by atoms with Gasteiger partial charge in [-0.05, 0) is 43.5 Å². The van der Waals surface area contributed by atoms with Crippen molar-refractivity contribution in [2.24, 2.45) is 0 Å². The van der Waals surface area contributed by atoms with Gasteiger partial charge < -0.3 is 15.4 Å². The zero-order valence-corrected chi connectivity index (χ0v) is 15.2. The average Bonchev–Trinajstić information content (AvgIpc) is 2.63.